The van der Waals surface area contributed by atoms with Gasteiger partial charge in [-0.3, -0.25) is 14.9 Å². The molecule has 52 valence electrons. The summed E-state index contributed by atoms with van der Waals surface area (Å²) in [6.07, 6.45) is 2.39. The highest BCUT2D eigenvalue weighted by atomic mass is 35.5. The van der Waals surface area contributed by atoms with E-state index < -0.39 is 0 Å². The van der Waals surface area contributed by atoms with Crippen LogP contribution in [0.25, 0.3) is 0 Å². The van der Waals surface area contributed by atoms with Crippen molar-refractivity contribution < 1.29 is 9.59 Å². The largest absolute Gasteiger partial charge is 0.289 e. The minimum atomic E-state index is -0.329. The minimum absolute atomic E-state index is 0. The van der Waals surface area contributed by atoms with E-state index in [1.807, 2.05) is 5.32 Å². The molecule has 9 heavy (non-hydrogen) atoms. The van der Waals surface area contributed by atoms with Gasteiger partial charge in [0, 0.05) is 12.2 Å². The number of hydrogen-bond donors (Lipinski definition) is 1. The van der Waals surface area contributed by atoms with Gasteiger partial charge in [-0.25, -0.2) is 0 Å². The Morgan fingerprint density at radius 3 is 1.44 bits per heavy atom. The number of nitrogens with one attached hydrogen (secondary N) is 1. The van der Waals surface area contributed by atoms with Gasteiger partial charge in [0.1, 0.15) is 0 Å². The lowest BCUT2D eigenvalue weighted by Gasteiger charge is -1.80. The second kappa shape index (κ2) is 4.35. The second-order valence-electron chi connectivity index (χ2n) is 1.19. The molecule has 1 N–H and O–H groups in total. The predicted molar refractivity (Wildman–Crippen MR) is 36.8 cm³/mol. The Hall–Kier alpha value is -0.540. The third-order valence-electron chi connectivity index (χ3n) is 0.632. The fraction of sp³-hybridized carbons (Fsp3) is 0. The van der Waals surface area contributed by atoms with Gasteiger partial charge in [0.25, 0.3) is 11.8 Å². The fourth-order valence-electron chi connectivity index (χ4n) is 0.356. The zero-order valence-electron chi connectivity index (χ0n) is 4.29. The average molecular weight is 170 g/mol. The SMILES string of the molecule is Cl.Cl.O=C1C=CC(=O)N1. The number of hydrogen-bond acceptors (Lipinski definition) is 2. The van der Waals surface area contributed by atoms with Crippen molar-refractivity contribution in [2.24, 2.45) is 0 Å². The second-order valence-corrected chi connectivity index (χ2v) is 1.19. The molecular formula is C4H5Cl2NO2. The zero-order valence-corrected chi connectivity index (χ0v) is 5.92. The van der Waals surface area contributed by atoms with Crippen LogP contribution >= 0.6 is 24.8 Å². The van der Waals surface area contributed by atoms with E-state index in [-0.39, 0.29) is 36.6 Å². The molecule has 1 heterocycles. The van der Waals surface area contributed by atoms with Gasteiger partial charge in [-0.1, -0.05) is 0 Å². The zero-order chi connectivity index (χ0) is 5.28. The van der Waals surface area contributed by atoms with Gasteiger partial charge in [0.15, 0.2) is 0 Å². The van der Waals surface area contributed by atoms with E-state index in [4.69, 9.17) is 0 Å². The summed E-state index contributed by atoms with van der Waals surface area (Å²) in [5.74, 6) is -0.657. The van der Waals surface area contributed by atoms with Gasteiger partial charge >= 0.3 is 0 Å². The van der Waals surface area contributed by atoms with E-state index >= 15 is 0 Å². The lowest BCUT2D eigenvalue weighted by molar-refractivity contribution is -0.123. The summed E-state index contributed by atoms with van der Waals surface area (Å²) in [6.45, 7) is 0. The molecule has 0 saturated heterocycles. The Labute approximate surface area is 64.3 Å². The number of halogens is 2. The molecule has 0 bridgehead atoms. The molecule has 0 radical (unpaired) electrons. The summed E-state index contributed by atoms with van der Waals surface area (Å²) in [5, 5.41) is 2.03. The molecule has 1 aliphatic heterocycles. The van der Waals surface area contributed by atoms with Crippen LogP contribution < -0.4 is 5.32 Å². The van der Waals surface area contributed by atoms with Crippen LogP contribution in [0.1, 0.15) is 0 Å². The average Bonchev–Trinajstić information content (AvgIpc) is 1.87. The molecule has 0 spiro atoms. The van der Waals surface area contributed by atoms with Crippen LogP contribution in [-0.2, 0) is 9.59 Å². The maximum absolute atomic E-state index is 10.0. The molecule has 0 aromatic carbocycles. The maximum Gasteiger partial charge on any atom is 0.250 e. The quantitative estimate of drug-likeness (QED) is 0.521. The fourth-order valence-corrected chi connectivity index (χ4v) is 0.356. The molecule has 0 unspecified atom stereocenters. The first-order chi connectivity index (χ1) is 3.29. The van der Waals surface area contributed by atoms with Gasteiger partial charge in [0.2, 0.25) is 0 Å². The summed E-state index contributed by atoms with van der Waals surface area (Å²) in [5.41, 5.74) is 0. The third-order valence-corrected chi connectivity index (χ3v) is 0.632. The van der Waals surface area contributed by atoms with Gasteiger partial charge < -0.3 is 0 Å². The number of carbonyl (C=O) groups excluding carboxylic acids is 2. The Morgan fingerprint density at radius 2 is 1.33 bits per heavy atom. The highest BCUT2D eigenvalue weighted by molar-refractivity contribution is 6.12. The van der Waals surface area contributed by atoms with Crippen molar-refractivity contribution in [3.63, 3.8) is 0 Å². The molecule has 5 heteroatoms. The topological polar surface area (TPSA) is 46.2 Å². The standard InChI is InChI=1S/C4H3NO2.2ClH/c6-3-1-2-4(7)5-3;;/h1-2H,(H,5,6,7);2*1H. The molecule has 0 saturated carbocycles. The molecule has 0 atom stereocenters. The van der Waals surface area contributed by atoms with Gasteiger partial charge in [0.05, 0.1) is 0 Å². The van der Waals surface area contributed by atoms with E-state index in [2.05, 4.69) is 0 Å². The first-order valence-electron chi connectivity index (χ1n) is 1.82. The molecule has 0 aromatic rings. The molecular weight excluding hydrogens is 165 g/mol. The number of carbonyl (C=O) groups is 2. The van der Waals surface area contributed by atoms with Crippen molar-refractivity contribution in [1.82, 2.24) is 5.32 Å². The van der Waals surface area contributed by atoms with Crippen molar-refractivity contribution in [1.29, 1.82) is 0 Å². The van der Waals surface area contributed by atoms with Crippen molar-refractivity contribution >= 4 is 36.6 Å². The first-order valence-corrected chi connectivity index (χ1v) is 1.82. The first kappa shape index (κ1) is 11.3. The summed E-state index contributed by atoms with van der Waals surface area (Å²) in [4.78, 5) is 20.1. The van der Waals surface area contributed by atoms with Gasteiger partial charge in [-0.05, 0) is 0 Å². The van der Waals surface area contributed by atoms with Crippen LogP contribution in [0, 0.1) is 0 Å². The predicted octanol–water partition coefficient (Wildman–Crippen LogP) is 0.0426. The molecule has 0 fully saturated rings. The Morgan fingerprint density at radius 1 is 1.00 bits per heavy atom. The Bertz CT molecular complexity index is 139. The summed E-state index contributed by atoms with van der Waals surface area (Å²) >= 11 is 0. The summed E-state index contributed by atoms with van der Waals surface area (Å²) < 4.78 is 0. The monoisotopic (exact) mass is 169 g/mol. The lowest BCUT2D eigenvalue weighted by atomic mass is 10.6. The van der Waals surface area contributed by atoms with E-state index in [1.54, 1.807) is 0 Å². The van der Waals surface area contributed by atoms with Crippen LogP contribution in [0.4, 0.5) is 0 Å². The van der Waals surface area contributed by atoms with Gasteiger partial charge in [-0.2, -0.15) is 0 Å². The molecule has 0 aromatic heterocycles. The third kappa shape index (κ3) is 3.11. The van der Waals surface area contributed by atoms with Crippen molar-refractivity contribution in [2.45, 2.75) is 0 Å². The van der Waals surface area contributed by atoms with E-state index in [0.29, 0.717) is 0 Å². The maximum atomic E-state index is 10.0. The van der Waals surface area contributed by atoms with E-state index in [0.717, 1.165) is 0 Å². The normalized spacial score (nSPS) is 13.8. The van der Waals surface area contributed by atoms with Crippen LogP contribution in [0.15, 0.2) is 12.2 Å². The van der Waals surface area contributed by atoms with E-state index in [9.17, 15) is 9.59 Å². The van der Waals surface area contributed by atoms with Gasteiger partial charge in [-0.15, -0.1) is 24.8 Å². The summed E-state index contributed by atoms with van der Waals surface area (Å²) in [6, 6.07) is 0. The lowest BCUT2D eigenvalue weighted by Crippen LogP contribution is -2.19. The van der Waals surface area contributed by atoms with E-state index in [1.165, 1.54) is 12.2 Å². The molecule has 3 nitrogen and oxygen atoms in total. The Kier molecular flexibility index (Phi) is 5.45. The molecule has 1 aliphatic rings. The van der Waals surface area contributed by atoms with Crippen molar-refractivity contribution in [2.75, 3.05) is 0 Å². The van der Waals surface area contributed by atoms with Crippen LogP contribution in [0.2, 0.25) is 0 Å². The molecule has 2 amide bonds. The Balaban J connectivity index is 0. The highest BCUT2D eigenvalue weighted by Gasteiger charge is 2.06. The minimum Gasteiger partial charge on any atom is -0.289 e. The van der Waals surface area contributed by atoms with Crippen LogP contribution in [0.3, 0.4) is 0 Å². The smallest absolute Gasteiger partial charge is 0.250 e. The molecule has 0 aliphatic carbocycles. The van der Waals surface area contributed by atoms with Crippen molar-refractivity contribution in [3.8, 4) is 0 Å². The number of rotatable bonds is 0. The molecule has 1 rings (SSSR count). The van der Waals surface area contributed by atoms with Crippen LogP contribution in [0.5, 0.6) is 0 Å². The highest BCUT2D eigenvalue weighted by Crippen LogP contribution is 1.82. The van der Waals surface area contributed by atoms with Crippen molar-refractivity contribution in [3.05, 3.63) is 12.2 Å². The van der Waals surface area contributed by atoms with Crippen LogP contribution in [-0.4, -0.2) is 11.8 Å². The number of imide groups is 1. The number of amides is 2. The summed E-state index contributed by atoms with van der Waals surface area (Å²) in [7, 11) is 0.